The van der Waals surface area contributed by atoms with E-state index in [-0.39, 0.29) is 20.1 Å². The first-order chi connectivity index (χ1) is 25.2. The molecule has 52 heavy (non-hydrogen) atoms. The van der Waals surface area contributed by atoms with Crippen LogP contribution in [-0.4, -0.2) is 9.97 Å². The predicted molar refractivity (Wildman–Crippen MR) is 209 cm³/mol. The van der Waals surface area contributed by atoms with Crippen LogP contribution in [0.15, 0.2) is 138 Å². The summed E-state index contributed by atoms with van der Waals surface area (Å²) in [5, 5.41) is 6.07. The molecule has 0 unspecified atom stereocenters. The number of pyridine rings is 2. The van der Waals surface area contributed by atoms with E-state index in [1.165, 1.54) is 58.9 Å². The molecule has 0 saturated heterocycles. The van der Waals surface area contributed by atoms with E-state index >= 15 is 0 Å². The van der Waals surface area contributed by atoms with Gasteiger partial charge in [-0.05, 0) is 83.4 Å². The van der Waals surface area contributed by atoms with E-state index in [9.17, 15) is 0 Å². The summed E-state index contributed by atoms with van der Waals surface area (Å²) in [5.41, 5.74) is 15.3. The van der Waals surface area contributed by atoms with Crippen molar-refractivity contribution < 1.29 is 24.5 Å². The SMILES string of the molecule is Cc1c2cc3oc4ccccc4c3c1-c1ccccc1Nc1c[c-]c(-c3cc(CC4CCCC4)ccn3)cc1-2.[Ir].[c-]1ccccc1-c1ccccn1. The van der Waals surface area contributed by atoms with Gasteiger partial charge in [-0.1, -0.05) is 91.4 Å². The van der Waals surface area contributed by atoms with Crippen molar-refractivity contribution in [2.24, 2.45) is 5.92 Å². The third-order valence-corrected chi connectivity index (χ3v) is 10.4. The van der Waals surface area contributed by atoms with Crippen molar-refractivity contribution in [1.82, 2.24) is 9.97 Å². The van der Waals surface area contributed by atoms with Crippen LogP contribution in [0.5, 0.6) is 0 Å². The van der Waals surface area contributed by atoms with Crippen LogP contribution in [0.4, 0.5) is 11.4 Å². The minimum Gasteiger partial charge on any atom is -0.456 e. The van der Waals surface area contributed by atoms with Crippen molar-refractivity contribution in [1.29, 1.82) is 0 Å². The second-order valence-corrected chi connectivity index (χ2v) is 13.6. The Bertz CT molecular complexity index is 2460. The monoisotopic (exact) mass is 852 g/mol. The summed E-state index contributed by atoms with van der Waals surface area (Å²) in [6.45, 7) is 2.24. The Labute approximate surface area is 318 Å². The Morgan fingerprint density at radius 1 is 0.692 bits per heavy atom. The van der Waals surface area contributed by atoms with E-state index in [4.69, 9.17) is 9.40 Å². The standard InChI is InChI=1S/C36H29N2O.C11H8N.Ir/c1-22-28-21-34-36(27-11-5-7-13-33(27)39-34)35(22)26-10-4-6-12-30(26)38-31-15-14-25(20-29(28)31)32-19-24(16-17-37-32)18-23-8-2-3-9-23;1-2-6-10(7-3-1)11-8-4-5-9-12-11;/h4-7,10-13,15-17,19-21,23,38H,2-3,8-9,18H2,1H3;1-6,8-9H;/q2*-1;. The van der Waals surface area contributed by atoms with Crippen molar-refractivity contribution >= 4 is 33.3 Å². The molecule has 1 aliphatic carbocycles. The minimum absolute atomic E-state index is 0. The molecule has 1 aliphatic heterocycles. The van der Waals surface area contributed by atoms with Crippen LogP contribution in [0.25, 0.3) is 66.7 Å². The van der Waals surface area contributed by atoms with Gasteiger partial charge in [-0.2, -0.15) is 0 Å². The van der Waals surface area contributed by atoms with Gasteiger partial charge in [-0.15, -0.1) is 59.7 Å². The number of nitrogens with one attached hydrogen (secondary N) is 1. The Morgan fingerprint density at radius 2 is 1.50 bits per heavy atom. The zero-order valence-electron chi connectivity index (χ0n) is 29.0. The van der Waals surface area contributed by atoms with Crippen LogP contribution in [0.1, 0.15) is 36.8 Å². The number of furan rings is 1. The van der Waals surface area contributed by atoms with E-state index in [0.717, 1.165) is 68.3 Å². The summed E-state index contributed by atoms with van der Waals surface area (Å²) < 4.78 is 6.44. The fourth-order valence-corrected chi connectivity index (χ4v) is 7.89. The van der Waals surface area contributed by atoms with Gasteiger partial charge in [0.2, 0.25) is 0 Å². The van der Waals surface area contributed by atoms with Gasteiger partial charge in [0.25, 0.3) is 0 Å². The number of para-hydroxylation sites is 2. The van der Waals surface area contributed by atoms with Gasteiger partial charge < -0.3 is 19.7 Å². The molecule has 4 nitrogen and oxygen atoms in total. The van der Waals surface area contributed by atoms with Gasteiger partial charge in [0.15, 0.2) is 0 Å². The smallest absolute Gasteiger partial charge is 0.136 e. The quantitative estimate of drug-likeness (QED) is 0.179. The van der Waals surface area contributed by atoms with Gasteiger partial charge in [0.1, 0.15) is 11.2 Å². The molecule has 10 rings (SSSR count). The molecule has 2 bridgehead atoms. The van der Waals surface area contributed by atoms with E-state index < -0.39 is 0 Å². The van der Waals surface area contributed by atoms with Crippen LogP contribution in [0, 0.1) is 25.0 Å². The van der Waals surface area contributed by atoms with Crippen LogP contribution < -0.4 is 5.32 Å². The van der Waals surface area contributed by atoms with Gasteiger partial charge in [-0.3, -0.25) is 0 Å². The third kappa shape index (κ3) is 6.47. The first-order valence-corrected chi connectivity index (χ1v) is 17.9. The normalized spacial score (nSPS) is 13.2. The van der Waals surface area contributed by atoms with Crippen LogP contribution in [0.3, 0.4) is 0 Å². The Balaban J connectivity index is 0.000000253. The van der Waals surface area contributed by atoms with Crippen molar-refractivity contribution in [2.45, 2.75) is 39.0 Å². The summed E-state index contributed by atoms with van der Waals surface area (Å²) >= 11 is 0. The molecular weight excluding hydrogens is 815 g/mol. The molecule has 257 valence electrons. The molecule has 1 saturated carbocycles. The molecule has 0 amide bonds. The summed E-state index contributed by atoms with van der Waals surface area (Å²) in [7, 11) is 0. The number of nitrogens with zero attached hydrogens (tertiary/aromatic N) is 2. The summed E-state index contributed by atoms with van der Waals surface area (Å²) in [6, 6.07) is 48.3. The molecule has 4 heterocycles. The first-order valence-electron chi connectivity index (χ1n) is 17.9. The number of rotatable bonds is 4. The number of anilines is 2. The van der Waals surface area contributed by atoms with Gasteiger partial charge in [0, 0.05) is 54.5 Å². The molecule has 8 aromatic rings. The largest absolute Gasteiger partial charge is 0.456 e. The molecular formula is C47H37IrN3O-2. The number of hydrogen-bond donors (Lipinski definition) is 1. The summed E-state index contributed by atoms with van der Waals surface area (Å²) in [4.78, 5) is 8.99. The first kappa shape index (κ1) is 33.8. The molecule has 2 aliphatic rings. The molecule has 1 fully saturated rings. The molecule has 0 atom stereocenters. The van der Waals surface area contributed by atoms with Crippen LogP contribution in [0.2, 0.25) is 0 Å². The third-order valence-electron chi connectivity index (χ3n) is 10.4. The maximum atomic E-state index is 6.44. The minimum atomic E-state index is 0. The van der Waals surface area contributed by atoms with Crippen molar-refractivity contribution in [2.75, 3.05) is 5.32 Å². The van der Waals surface area contributed by atoms with Crippen molar-refractivity contribution in [3.05, 3.63) is 157 Å². The van der Waals surface area contributed by atoms with E-state index in [2.05, 4.69) is 102 Å². The second-order valence-electron chi connectivity index (χ2n) is 13.6. The zero-order valence-corrected chi connectivity index (χ0v) is 31.3. The molecule has 5 heteroatoms. The van der Waals surface area contributed by atoms with E-state index in [0.29, 0.717) is 0 Å². The summed E-state index contributed by atoms with van der Waals surface area (Å²) in [6.07, 6.45) is 10.3. The topological polar surface area (TPSA) is 51.0 Å². The number of fused-ring (bicyclic) bond motifs is 10. The zero-order chi connectivity index (χ0) is 34.1. The number of benzene rings is 5. The number of hydrogen-bond acceptors (Lipinski definition) is 4. The second kappa shape index (κ2) is 14.7. The van der Waals surface area contributed by atoms with Crippen LogP contribution >= 0.6 is 0 Å². The molecule has 0 spiro atoms. The van der Waals surface area contributed by atoms with Crippen molar-refractivity contribution in [3.8, 4) is 44.8 Å². The van der Waals surface area contributed by atoms with Gasteiger partial charge >= 0.3 is 0 Å². The van der Waals surface area contributed by atoms with Gasteiger partial charge in [-0.25, -0.2) is 0 Å². The Kier molecular flexibility index (Phi) is 9.56. The van der Waals surface area contributed by atoms with E-state index in [1.807, 2.05) is 54.7 Å². The average Bonchev–Trinajstić information content (AvgIpc) is 3.84. The maximum Gasteiger partial charge on any atom is 0.136 e. The molecule has 1 radical (unpaired) electrons. The Hall–Kier alpha value is -5.35. The predicted octanol–water partition coefficient (Wildman–Crippen LogP) is 12.4. The molecule has 3 aromatic heterocycles. The molecule has 1 N–H and O–H groups in total. The summed E-state index contributed by atoms with van der Waals surface area (Å²) in [5.74, 6) is 0.806. The Morgan fingerprint density at radius 3 is 2.35 bits per heavy atom. The fourth-order valence-electron chi connectivity index (χ4n) is 7.89. The molecule has 5 aromatic carbocycles. The fraction of sp³-hybridized carbons (Fsp3) is 0.149. The maximum absolute atomic E-state index is 6.44. The van der Waals surface area contributed by atoms with E-state index in [1.54, 1.807) is 6.20 Å². The van der Waals surface area contributed by atoms with Crippen LogP contribution in [-0.2, 0) is 26.5 Å². The van der Waals surface area contributed by atoms with Gasteiger partial charge in [0.05, 0.1) is 0 Å². The number of aromatic nitrogens is 2. The average molecular weight is 852 g/mol. The van der Waals surface area contributed by atoms with Crippen molar-refractivity contribution in [3.63, 3.8) is 0 Å².